The molecule has 0 saturated carbocycles. The Morgan fingerprint density at radius 3 is 2.82 bits per heavy atom. The van der Waals surface area contributed by atoms with Crippen molar-refractivity contribution in [3.05, 3.63) is 46.1 Å². The molecule has 28 heavy (non-hydrogen) atoms. The lowest BCUT2D eigenvalue weighted by molar-refractivity contribution is -0.113. The summed E-state index contributed by atoms with van der Waals surface area (Å²) in [7, 11) is 0. The summed E-state index contributed by atoms with van der Waals surface area (Å²) in [6.45, 7) is 6.21. The number of nitrogens with zero attached hydrogens (tertiary/aromatic N) is 2. The molecule has 6 heteroatoms. The van der Waals surface area contributed by atoms with E-state index in [1.54, 1.807) is 11.3 Å². The molecule has 0 radical (unpaired) electrons. The molecule has 2 aromatic heterocycles. The Hall–Kier alpha value is -1.92. The Labute approximate surface area is 174 Å². The molecule has 0 spiro atoms. The van der Waals surface area contributed by atoms with Gasteiger partial charge in [-0.2, -0.15) is 0 Å². The van der Waals surface area contributed by atoms with Crippen LogP contribution in [0.15, 0.2) is 29.3 Å². The summed E-state index contributed by atoms with van der Waals surface area (Å²) in [6.07, 6.45) is 4.73. The van der Waals surface area contributed by atoms with Crippen LogP contribution in [-0.4, -0.2) is 21.6 Å². The molecule has 1 aliphatic rings. The lowest BCUT2D eigenvalue weighted by atomic mass is 9.97. The van der Waals surface area contributed by atoms with E-state index in [-0.39, 0.29) is 5.91 Å². The van der Waals surface area contributed by atoms with Gasteiger partial charge in [0, 0.05) is 16.0 Å². The number of fused-ring (bicyclic) bond motifs is 3. The number of hydrogen-bond acceptors (Lipinski definition) is 5. The van der Waals surface area contributed by atoms with Gasteiger partial charge in [-0.3, -0.25) is 4.79 Å². The van der Waals surface area contributed by atoms with Crippen molar-refractivity contribution in [1.29, 1.82) is 0 Å². The maximum atomic E-state index is 12.6. The number of carbonyl (C=O) groups excluding carboxylic acids is 1. The van der Waals surface area contributed by atoms with E-state index in [0.717, 1.165) is 39.8 Å². The fraction of sp³-hybridized carbons (Fsp3) is 0.409. The normalized spacial score (nSPS) is 13.7. The lowest BCUT2D eigenvalue weighted by Gasteiger charge is -2.14. The van der Waals surface area contributed by atoms with Crippen LogP contribution >= 0.6 is 23.1 Å². The minimum absolute atomic E-state index is 0.00612. The van der Waals surface area contributed by atoms with E-state index in [4.69, 9.17) is 0 Å². The maximum absolute atomic E-state index is 12.6. The Morgan fingerprint density at radius 2 is 2.00 bits per heavy atom. The largest absolute Gasteiger partial charge is 0.325 e. The molecule has 4 nitrogen and oxygen atoms in total. The first-order chi connectivity index (χ1) is 13.5. The molecule has 1 amide bonds. The number of hydrogen-bond donors (Lipinski definition) is 1. The van der Waals surface area contributed by atoms with Gasteiger partial charge >= 0.3 is 0 Å². The highest BCUT2D eigenvalue weighted by atomic mass is 32.2. The Morgan fingerprint density at radius 1 is 1.21 bits per heavy atom. The second-order valence-corrected chi connectivity index (χ2v) is 9.59. The van der Waals surface area contributed by atoms with E-state index in [1.165, 1.54) is 40.4 Å². The Balaban J connectivity index is 1.54. The van der Waals surface area contributed by atoms with Crippen LogP contribution in [0.2, 0.25) is 0 Å². The van der Waals surface area contributed by atoms with Crippen molar-refractivity contribution in [1.82, 2.24) is 9.97 Å². The predicted octanol–water partition coefficient (Wildman–Crippen LogP) is 5.73. The zero-order valence-corrected chi connectivity index (χ0v) is 18.2. The molecule has 146 valence electrons. The van der Waals surface area contributed by atoms with E-state index >= 15 is 0 Å². The molecular weight excluding hydrogens is 386 g/mol. The number of thiophene rings is 1. The van der Waals surface area contributed by atoms with Gasteiger partial charge in [0.05, 0.1) is 5.75 Å². The third-order valence-electron chi connectivity index (χ3n) is 5.09. The number of anilines is 1. The summed E-state index contributed by atoms with van der Waals surface area (Å²) >= 11 is 3.33. The van der Waals surface area contributed by atoms with Crippen molar-refractivity contribution in [2.24, 2.45) is 0 Å². The molecule has 0 aliphatic heterocycles. The molecule has 0 unspecified atom stereocenters. The van der Waals surface area contributed by atoms with Gasteiger partial charge in [-0.25, -0.2) is 9.97 Å². The molecule has 0 bridgehead atoms. The van der Waals surface area contributed by atoms with Gasteiger partial charge in [0.2, 0.25) is 5.91 Å². The van der Waals surface area contributed by atoms with E-state index in [1.807, 2.05) is 25.1 Å². The van der Waals surface area contributed by atoms with Gasteiger partial charge < -0.3 is 5.32 Å². The molecule has 3 aromatic rings. The predicted molar refractivity (Wildman–Crippen MR) is 119 cm³/mol. The van der Waals surface area contributed by atoms with Crippen molar-refractivity contribution in [2.45, 2.75) is 57.4 Å². The van der Waals surface area contributed by atoms with Crippen molar-refractivity contribution in [2.75, 3.05) is 11.1 Å². The molecule has 1 aromatic carbocycles. The highest BCUT2D eigenvalue weighted by molar-refractivity contribution is 8.00. The van der Waals surface area contributed by atoms with Crippen LogP contribution in [-0.2, 0) is 17.6 Å². The molecule has 1 N–H and O–H groups in total. The third-order valence-corrected chi connectivity index (χ3v) is 7.25. The number of aromatic nitrogens is 2. The van der Waals surface area contributed by atoms with Crippen LogP contribution in [0.25, 0.3) is 10.2 Å². The van der Waals surface area contributed by atoms with Gasteiger partial charge in [0.1, 0.15) is 15.7 Å². The Bertz CT molecular complexity index is 1030. The summed E-state index contributed by atoms with van der Waals surface area (Å²) in [5.74, 6) is 1.50. The number of amides is 1. The van der Waals surface area contributed by atoms with Crippen LogP contribution in [0.3, 0.4) is 0 Å². The summed E-state index contributed by atoms with van der Waals surface area (Å²) in [5.41, 5.74) is 3.48. The first kappa shape index (κ1) is 19.4. The summed E-state index contributed by atoms with van der Waals surface area (Å²) in [4.78, 5) is 24.5. The highest BCUT2D eigenvalue weighted by Crippen LogP contribution is 2.39. The highest BCUT2D eigenvalue weighted by Gasteiger charge is 2.21. The fourth-order valence-corrected chi connectivity index (χ4v) is 6.04. The van der Waals surface area contributed by atoms with E-state index in [9.17, 15) is 4.79 Å². The fourth-order valence-electron chi connectivity index (χ4n) is 3.76. The molecule has 2 heterocycles. The monoisotopic (exact) mass is 411 g/mol. The molecule has 0 saturated heterocycles. The molecule has 1 aliphatic carbocycles. The first-order valence-electron chi connectivity index (χ1n) is 9.83. The average molecular weight is 412 g/mol. The zero-order valence-electron chi connectivity index (χ0n) is 16.5. The van der Waals surface area contributed by atoms with Gasteiger partial charge in [-0.1, -0.05) is 43.8 Å². The number of rotatable bonds is 5. The summed E-state index contributed by atoms with van der Waals surface area (Å²) in [6, 6.07) is 8.02. The van der Waals surface area contributed by atoms with Crippen molar-refractivity contribution >= 4 is 44.9 Å². The number of thioether (sulfide) groups is 1. The van der Waals surface area contributed by atoms with Crippen LogP contribution in [0.4, 0.5) is 5.69 Å². The summed E-state index contributed by atoms with van der Waals surface area (Å²) < 4.78 is 0. The maximum Gasteiger partial charge on any atom is 0.234 e. The first-order valence-corrected chi connectivity index (χ1v) is 11.6. The molecule has 0 fully saturated rings. The minimum atomic E-state index is 0.00612. The quantitative estimate of drug-likeness (QED) is 0.430. The van der Waals surface area contributed by atoms with Gasteiger partial charge in [-0.05, 0) is 55.7 Å². The van der Waals surface area contributed by atoms with E-state index in [0.29, 0.717) is 11.7 Å². The second kappa shape index (κ2) is 8.21. The average Bonchev–Trinajstić information content (AvgIpc) is 3.04. The van der Waals surface area contributed by atoms with Crippen molar-refractivity contribution in [3.63, 3.8) is 0 Å². The van der Waals surface area contributed by atoms with Gasteiger partial charge in [0.15, 0.2) is 0 Å². The molecule has 0 atom stereocenters. The van der Waals surface area contributed by atoms with E-state index in [2.05, 4.69) is 35.2 Å². The lowest BCUT2D eigenvalue weighted by Crippen LogP contribution is -2.15. The summed E-state index contributed by atoms with van der Waals surface area (Å²) in [5, 5.41) is 5.22. The zero-order chi connectivity index (χ0) is 19.7. The topological polar surface area (TPSA) is 54.9 Å². The van der Waals surface area contributed by atoms with Gasteiger partial charge in [0.25, 0.3) is 0 Å². The standard InChI is InChI=1S/C22H25N3OS2/c1-13(2)15-8-4-6-10-17(15)25-19(26)12-27-21-20-16-9-5-7-11-18(16)28-22(20)24-14(3)23-21/h4,6,8,10,13H,5,7,9,11-12H2,1-3H3,(H,25,26). The van der Waals surface area contributed by atoms with Crippen LogP contribution in [0, 0.1) is 6.92 Å². The number of aryl methyl sites for hydroxylation is 3. The molecular formula is C22H25N3OS2. The van der Waals surface area contributed by atoms with Crippen LogP contribution in [0.5, 0.6) is 0 Å². The number of carbonyl (C=O) groups is 1. The van der Waals surface area contributed by atoms with Crippen LogP contribution in [0.1, 0.15) is 54.4 Å². The van der Waals surface area contributed by atoms with Crippen molar-refractivity contribution in [3.8, 4) is 0 Å². The van der Waals surface area contributed by atoms with E-state index < -0.39 is 0 Å². The van der Waals surface area contributed by atoms with Gasteiger partial charge in [-0.15, -0.1) is 11.3 Å². The smallest absolute Gasteiger partial charge is 0.234 e. The minimum Gasteiger partial charge on any atom is -0.325 e. The third kappa shape index (κ3) is 3.94. The SMILES string of the molecule is Cc1nc(SCC(=O)Nc2ccccc2C(C)C)c2c3c(sc2n1)CCCC3. The number of para-hydroxylation sites is 1. The Kier molecular flexibility index (Phi) is 5.69. The molecule has 4 rings (SSSR count). The number of benzene rings is 1. The second-order valence-electron chi connectivity index (χ2n) is 7.55. The van der Waals surface area contributed by atoms with Crippen molar-refractivity contribution < 1.29 is 4.79 Å². The van der Waals surface area contributed by atoms with Crippen LogP contribution < -0.4 is 5.32 Å². The number of nitrogens with one attached hydrogen (secondary N) is 1.